The molecule has 5 N–H and O–H groups in total. The third kappa shape index (κ3) is 6.15. The lowest BCUT2D eigenvalue weighted by Gasteiger charge is -2.10. The van der Waals surface area contributed by atoms with Crippen molar-refractivity contribution in [2.75, 3.05) is 11.1 Å². The lowest BCUT2D eigenvalue weighted by atomic mass is 10.1. The predicted molar refractivity (Wildman–Crippen MR) is 124 cm³/mol. The maximum Gasteiger partial charge on any atom is 0.380 e. The van der Waals surface area contributed by atoms with Crippen LogP contribution in [0.2, 0.25) is 0 Å². The van der Waals surface area contributed by atoms with Crippen LogP contribution in [0.3, 0.4) is 0 Å². The van der Waals surface area contributed by atoms with Crippen molar-refractivity contribution in [1.82, 2.24) is 15.0 Å². The zero-order valence-corrected chi connectivity index (χ0v) is 18.3. The van der Waals surface area contributed by atoms with Crippen molar-refractivity contribution in [3.05, 3.63) is 78.6 Å². The average molecular weight is 465 g/mol. The van der Waals surface area contributed by atoms with Crippen molar-refractivity contribution in [2.45, 2.75) is 6.92 Å². The number of pyridine rings is 1. The number of nitrogens with two attached hydrogens (primary N) is 2. The van der Waals surface area contributed by atoms with Gasteiger partial charge in [0.1, 0.15) is 23.1 Å². The van der Waals surface area contributed by atoms with E-state index in [1.807, 2.05) is 37.3 Å². The second-order valence-electron chi connectivity index (χ2n) is 6.98. The summed E-state index contributed by atoms with van der Waals surface area (Å²) in [5.74, 6) is 2.03. The predicted octanol–water partition coefficient (Wildman–Crippen LogP) is 3.55. The van der Waals surface area contributed by atoms with Crippen molar-refractivity contribution in [2.24, 2.45) is 5.14 Å². The molecule has 11 heteroatoms. The number of nitrogens with zero attached hydrogens (tertiary/aromatic N) is 3. The number of aryl methyl sites for hydroxylation is 1. The Morgan fingerprint density at radius 2 is 1.58 bits per heavy atom. The van der Waals surface area contributed by atoms with Gasteiger partial charge < -0.3 is 20.0 Å². The first kappa shape index (κ1) is 22.0. The molecule has 0 saturated heterocycles. The maximum absolute atomic E-state index is 11.0. The fourth-order valence-corrected chi connectivity index (χ4v) is 3.35. The number of hydrogen-bond donors (Lipinski definition) is 3. The SMILES string of the molecule is Cc1cc(Oc2ccc(Nc3cc(-c4ccc(OS(N)(=O)=O)cc4)nc(N)n3)cc2)ccn1. The molecule has 0 spiro atoms. The number of nitrogen functional groups attached to an aromatic ring is 1. The van der Waals surface area contributed by atoms with E-state index >= 15 is 0 Å². The fraction of sp³-hybridized carbons (Fsp3) is 0.0455. The van der Waals surface area contributed by atoms with E-state index in [-0.39, 0.29) is 11.7 Å². The minimum absolute atomic E-state index is 0.0767. The molecule has 0 aliphatic rings. The highest BCUT2D eigenvalue weighted by Crippen LogP contribution is 2.27. The summed E-state index contributed by atoms with van der Waals surface area (Å²) in [6.45, 7) is 1.90. The first-order chi connectivity index (χ1) is 15.7. The largest absolute Gasteiger partial charge is 0.457 e. The summed E-state index contributed by atoms with van der Waals surface area (Å²) in [6, 6.07) is 18.9. The van der Waals surface area contributed by atoms with E-state index in [4.69, 9.17) is 15.6 Å². The van der Waals surface area contributed by atoms with Gasteiger partial charge in [0.2, 0.25) is 5.95 Å². The highest BCUT2D eigenvalue weighted by molar-refractivity contribution is 7.84. The summed E-state index contributed by atoms with van der Waals surface area (Å²) in [4.78, 5) is 12.6. The Balaban J connectivity index is 1.49. The summed E-state index contributed by atoms with van der Waals surface area (Å²) in [5.41, 5.74) is 8.75. The Morgan fingerprint density at radius 1 is 0.879 bits per heavy atom. The first-order valence-corrected chi connectivity index (χ1v) is 11.2. The van der Waals surface area contributed by atoms with Gasteiger partial charge in [-0.2, -0.15) is 18.5 Å². The van der Waals surface area contributed by atoms with Gasteiger partial charge in [0.05, 0.1) is 5.69 Å². The van der Waals surface area contributed by atoms with Crippen LogP contribution < -0.4 is 25.1 Å². The molecule has 33 heavy (non-hydrogen) atoms. The van der Waals surface area contributed by atoms with Gasteiger partial charge in [-0.3, -0.25) is 4.98 Å². The van der Waals surface area contributed by atoms with Crippen LogP contribution in [-0.4, -0.2) is 23.4 Å². The molecule has 0 fully saturated rings. The monoisotopic (exact) mass is 464 g/mol. The Labute approximate surface area is 190 Å². The maximum atomic E-state index is 11.0. The van der Waals surface area contributed by atoms with E-state index in [1.54, 1.807) is 30.5 Å². The van der Waals surface area contributed by atoms with E-state index in [1.165, 1.54) is 12.1 Å². The van der Waals surface area contributed by atoms with Gasteiger partial charge in [0, 0.05) is 35.3 Å². The second kappa shape index (κ2) is 9.10. The van der Waals surface area contributed by atoms with E-state index in [9.17, 15) is 8.42 Å². The third-order valence-electron chi connectivity index (χ3n) is 4.34. The molecule has 2 aromatic heterocycles. The fourth-order valence-electron chi connectivity index (χ4n) is 2.97. The van der Waals surface area contributed by atoms with Crippen LogP contribution in [0.25, 0.3) is 11.3 Å². The minimum Gasteiger partial charge on any atom is -0.457 e. The quantitative estimate of drug-likeness (QED) is 0.372. The van der Waals surface area contributed by atoms with Crippen LogP contribution in [0, 0.1) is 6.92 Å². The molecule has 10 nitrogen and oxygen atoms in total. The lowest BCUT2D eigenvalue weighted by Crippen LogP contribution is -2.18. The molecule has 0 atom stereocenters. The number of aromatic nitrogens is 3. The smallest absolute Gasteiger partial charge is 0.380 e. The van der Waals surface area contributed by atoms with Crippen LogP contribution in [-0.2, 0) is 10.3 Å². The summed E-state index contributed by atoms with van der Waals surface area (Å²) >= 11 is 0. The van der Waals surface area contributed by atoms with Crippen molar-refractivity contribution >= 4 is 27.8 Å². The molecule has 0 aliphatic heterocycles. The van der Waals surface area contributed by atoms with Gasteiger partial charge in [-0.05, 0) is 61.5 Å². The highest BCUT2D eigenvalue weighted by atomic mass is 32.2. The minimum atomic E-state index is -4.09. The van der Waals surface area contributed by atoms with Gasteiger partial charge in [0.15, 0.2) is 0 Å². The number of nitrogens with one attached hydrogen (secondary N) is 1. The Kier molecular flexibility index (Phi) is 6.07. The molecule has 2 heterocycles. The van der Waals surface area contributed by atoms with Crippen molar-refractivity contribution < 1.29 is 17.3 Å². The average Bonchev–Trinajstić information content (AvgIpc) is 2.74. The molecular weight excluding hydrogens is 444 g/mol. The normalized spacial score (nSPS) is 11.1. The molecule has 0 bridgehead atoms. The van der Waals surface area contributed by atoms with Gasteiger partial charge in [0.25, 0.3) is 0 Å². The number of anilines is 3. The van der Waals surface area contributed by atoms with Crippen LogP contribution in [0.5, 0.6) is 17.2 Å². The second-order valence-corrected chi connectivity index (χ2v) is 8.13. The van der Waals surface area contributed by atoms with Crippen molar-refractivity contribution in [1.29, 1.82) is 0 Å². The first-order valence-electron chi connectivity index (χ1n) is 9.68. The van der Waals surface area contributed by atoms with Gasteiger partial charge in [-0.15, -0.1) is 0 Å². The van der Waals surface area contributed by atoms with E-state index < -0.39 is 10.3 Å². The Bertz CT molecular complexity index is 1380. The molecular formula is C22H20N6O4S. The summed E-state index contributed by atoms with van der Waals surface area (Å²) < 4.78 is 32.6. The standard InChI is InChI=1S/C22H20N6O4S/c1-14-12-19(10-11-25-14)31-17-8-4-16(5-9-17)26-21-13-20(27-22(23)28-21)15-2-6-18(7-3-15)32-33(24,29)30/h2-13H,1H3,(H2,24,29,30)(H3,23,26,27,28). The zero-order chi connectivity index (χ0) is 23.4. The highest BCUT2D eigenvalue weighted by Gasteiger charge is 2.09. The van der Waals surface area contributed by atoms with E-state index in [0.717, 1.165) is 11.4 Å². The van der Waals surface area contributed by atoms with Gasteiger partial charge in [-0.1, -0.05) is 0 Å². The Hall–Kier alpha value is -4.22. The van der Waals surface area contributed by atoms with Gasteiger partial charge >= 0.3 is 10.3 Å². The molecule has 0 aliphatic carbocycles. The van der Waals surface area contributed by atoms with E-state index in [2.05, 4.69) is 24.5 Å². The van der Waals surface area contributed by atoms with Gasteiger partial charge in [-0.25, -0.2) is 4.98 Å². The van der Waals surface area contributed by atoms with E-state index in [0.29, 0.717) is 28.6 Å². The molecule has 4 rings (SSSR count). The molecule has 4 aromatic rings. The summed E-state index contributed by atoms with van der Waals surface area (Å²) in [7, 11) is -4.09. The summed E-state index contributed by atoms with van der Waals surface area (Å²) in [5, 5.41) is 8.06. The van der Waals surface area contributed by atoms with Crippen LogP contribution in [0.1, 0.15) is 5.69 Å². The van der Waals surface area contributed by atoms with Crippen LogP contribution in [0.15, 0.2) is 72.9 Å². The molecule has 0 amide bonds. The lowest BCUT2D eigenvalue weighted by molar-refractivity contribution is 0.481. The van der Waals surface area contributed by atoms with Crippen LogP contribution >= 0.6 is 0 Å². The van der Waals surface area contributed by atoms with Crippen LogP contribution in [0.4, 0.5) is 17.5 Å². The summed E-state index contributed by atoms with van der Waals surface area (Å²) in [6.07, 6.45) is 1.69. The molecule has 168 valence electrons. The molecule has 2 aromatic carbocycles. The number of hydrogen-bond acceptors (Lipinski definition) is 9. The number of ether oxygens (including phenoxy) is 1. The third-order valence-corrected chi connectivity index (χ3v) is 4.76. The van der Waals surface area contributed by atoms with Crippen molar-refractivity contribution in [3.8, 4) is 28.5 Å². The number of benzene rings is 2. The molecule has 0 unspecified atom stereocenters. The Morgan fingerprint density at radius 3 is 2.24 bits per heavy atom. The van der Waals surface area contributed by atoms with Crippen molar-refractivity contribution in [3.63, 3.8) is 0 Å². The molecule has 0 radical (unpaired) electrons. The number of rotatable bonds is 7. The zero-order valence-electron chi connectivity index (χ0n) is 17.5. The topological polar surface area (TPSA) is 155 Å². The molecule has 0 saturated carbocycles.